The number of guanidine groups is 1. The predicted octanol–water partition coefficient (Wildman–Crippen LogP) is 3.17. The van der Waals surface area contributed by atoms with Gasteiger partial charge in [0.2, 0.25) is 0 Å². The van der Waals surface area contributed by atoms with Gasteiger partial charge in [-0.2, -0.15) is 0 Å². The van der Waals surface area contributed by atoms with Crippen LogP contribution in [0.2, 0.25) is 0 Å². The van der Waals surface area contributed by atoms with Gasteiger partial charge in [-0.05, 0) is 18.1 Å². The van der Waals surface area contributed by atoms with Gasteiger partial charge in [0, 0.05) is 44.4 Å². The largest absolute Gasteiger partial charge is 0.379 e. The lowest BCUT2D eigenvalue weighted by Gasteiger charge is -2.32. The number of hydrogen-bond acceptors (Lipinski definition) is 5. The summed E-state index contributed by atoms with van der Waals surface area (Å²) in [5.74, 6) is 0.720. The maximum Gasteiger partial charge on any atom is 0.269 e. The molecule has 1 saturated heterocycles. The van der Waals surface area contributed by atoms with Crippen molar-refractivity contribution in [1.82, 2.24) is 15.5 Å². The average Bonchev–Trinajstić information content (AvgIpc) is 2.80. The zero-order valence-corrected chi connectivity index (χ0v) is 20.0. The second-order valence-electron chi connectivity index (χ2n) is 7.31. The van der Waals surface area contributed by atoms with Crippen molar-refractivity contribution in [2.24, 2.45) is 4.99 Å². The summed E-state index contributed by atoms with van der Waals surface area (Å²) in [5, 5.41) is 17.6. The molecule has 1 atom stereocenters. The molecule has 1 aliphatic rings. The van der Waals surface area contributed by atoms with E-state index < -0.39 is 4.92 Å². The monoisotopic (exact) mass is 539 g/mol. The van der Waals surface area contributed by atoms with Gasteiger partial charge in [-0.25, -0.2) is 4.99 Å². The Morgan fingerprint density at radius 3 is 2.42 bits per heavy atom. The van der Waals surface area contributed by atoms with Crippen LogP contribution in [-0.4, -0.2) is 54.7 Å². The molecule has 0 amide bonds. The van der Waals surface area contributed by atoms with Crippen molar-refractivity contribution in [3.8, 4) is 0 Å². The van der Waals surface area contributed by atoms with Gasteiger partial charge in [-0.15, -0.1) is 24.0 Å². The number of aliphatic imine (C=N–C) groups is 1. The van der Waals surface area contributed by atoms with Crippen molar-refractivity contribution in [1.29, 1.82) is 0 Å². The maximum atomic E-state index is 10.8. The molecule has 2 N–H and O–H groups in total. The first-order valence-corrected chi connectivity index (χ1v) is 10.2. The molecular weight excluding hydrogens is 509 g/mol. The normalized spacial score (nSPS) is 15.6. The number of nitro groups is 1. The van der Waals surface area contributed by atoms with Gasteiger partial charge in [-0.1, -0.05) is 42.5 Å². The van der Waals surface area contributed by atoms with E-state index >= 15 is 0 Å². The Hall–Kier alpha value is -2.24. The molecule has 3 rings (SSSR count). The van der Waals surface area contributed by atoms with Crippen molar-refractivity contribution in [3.63, 3.8) is 0 Å². The highest BCUT2D eigenvalue weighted by molar-refractivity contribution is 14.0. The lowest BCUT2D eigenvalue weighted by Crippen LogP contribution is -2.49. The minimum Gasteiger partial charge on any atom is -0.379 e. The highest BCUT2D eigenvalue weighted by atomic mass is 127. The van der Waals surface area contributed by atoms with E-state index in [1.165, 1.54) is 12.1 Å². The van der Waals surface area contributed by atoms with Crippen molar-refractivity contribution in [3.05, 3.63) is 75.8 Å². The molecule has 9 heteroatoms. The summed E-state index contributed by atoms with van der Waals surface area (Å²) in [6.45, 7) is 7.50. The van der Waals surface area contributed by atoms with Gasteiger partial charge >= 0.3 is 0 Å². The maximum absolute atomic E-state index is 10.8. The second-order valence-corrected chi connectivity index (χ2v) is 7.31. The Bertz CT molecular complexity index is 827. The van der Waals surface area contributed by atoms with Crippen LogP contribution < -0.4 is 10.6 Å². The Morgan fingerprint density at radius 1 is 1.10 bits per heavy atom. The SMILES string of the molecule is CC(CNC(=NCc1ccccc1)NCc1ccc([N+](=O)[O-])cc1)N1CCOCC1.I. The first kappa shape index (κ1) is 25.0. The molecule has 0 saturated carbocycles. The number of benzene rings is 2. The molecule has 168 valence electrons. The Kier molecular flexibility index (Phi) is 10.7. The molecule has 1 fully saturated rings. The van der Waals surface area contributed by atoms with Crippen molar-refractivity contribution in [2.75, 3.05) is 32.8 Å². The van der Waals surface area contributed by atoms with Crippen LogP contribution in [0.25, 0.3) is 0 Å². The van der Waals surface area contributed by atoms with E-state index in [2.05, 4.69) is 22.5 Å². The zero-order chi connectivity index (χ0) is 21.2. The fourth-order valence-electron chi connectivity index (χ4n) is 3.24. The third-order valence-electron chi connectivity index (χ3n) is 5.10. The summed E-state index contributed by atoms with van der Waals surface area (Å²) >= 11 is 0. The number of rotatable bonds is 8. The fourth-order valence-corrected chi connectivity index (χ4v) is 3.24. The number of nitro benzene ring substituents is 1. The second kappa shape index (κ2) is 13.2. The van der Waals surface area contributed by atoms with Crippen LogP contribution in [0.5, 0.6) is 0 Å². The summed E-state index contributed by atoms with van der Waals surface area (Å²) in [6, 6.07) is 17.0. The molecule has 0 aromatic heterocycles. The predicted molar refractivity (Wildman–Crippen MR) is 133 cm³/mol. The van der Waals surface area contributed by atoms with E-state index in [0.29, 0.717) is 19.1 Å². The van der Waals surface area contributed by atoms with Gasteiger partial charge in [-0.3, -0.25) is 15.0 Å². The summed E-state index contributed by atoms with van der Waals surface area (Å²) < 4.78 is 5.43. The zero-order valence-electron chi connectivity index (χ0n) is 17.7. The molecule has 8 nitrogen and oxygen atoms in total. The molecule has 1 heterocycles. The molecule has 1 aliphatic heterocycles. The van der Waals surface area contributed by atoms with Crippen LogP contribution in [0, 0.1) is 10.1 Å². The average molecular weight is 539 g/mol. The Morgan fingerprint density at radius 2 is 1.77 bits per heavy atom. The van der Waals surface area contributed by atoms with Gasteiger partial charge < -0.3 is 15.4 Å². The van der Waals surface area contributed by atoms with Gasteiger partial charge in [0.15, 0.2) is 5.96 Å². The van der Waals surface area contributed by atoms with Gasteiger partial charge in [0.1, 0.15) is 0 Å². The van der Waals surface area contributed by atoms with Crippen LogP contribution in [-0.2, 0) is 17.8 Å². The molecule has 1 unspecified atom stereocenters. The van der Waals surface area contributed by atoms with Crippen LogP contribution >= 0.6 is 24.0 Å². The standard InChI is InChI=1S/C22H29N5O3.HI/c1-18(26-11-13-30-14-12-26)15-23-22(24-16-19-5-3-2-4-6-19)25-17-20-7-9-21(10-8-20)27(28)29;/h2-10,18H,11-17H2,1H3,(H2,23,24,25);1H. The molecule has 2 aromatic carbocycles. The van der Waals surface area contributed by atoms with Crippen molar-refractivity contribution < 1.29 is 9.66 Å². The smallest absolute Gasteiger partial charge is 0.269 e. The lowest BCUT2D eigenvalue weighted by molar-refractivity contribution is -0.384. The molecular formula is C22H30IN5O3. The highest BCUT2D eigenvalue weighted by Crippen LogP contribution is 2.11. The summed E-state index contributed by atoms with van der Waals surface area (Å²) in [7, 11) is 0. The van der Waals surface area contributed by atoms with E-state index in [0.717, 1.165) is 49.9 Å². The first-order chi connectivity index (χ1) is 14.6. The number of morpholine rings is 1. The fraction of sp³-hybridized carbons (Fsp3) is 0.409. The number of nitrogens with zero attached hydrogens (tertiary/aromatic N) is 3. The minimum absolute atomic E-state index is 0. The number of non-ortho nitro benzene ring substituents is 1. The molecule has 0 spiro atoms. The summed E-state index contributed by atoms with van der Waals surface area (Å²) in [6.07, 6.45) is 0. The number of halogens is 1. The van der Waals surface area contributed by atoms with E-state index in [1.54, 1.807) is 12.1 Å². The quantitative estimate of drug-likeness (QED) is 0.176. The molecule has 2 aromatic rings. The van der Waals surface area contributed by atoms with E-state index in [1.807, 2.05) is 30.3 Å². The number of ether oxygens (including phenoxy) is 1. The molecule has 0 aliphatic carbocycles. The molecule has 0 radical (unpaired) electrons. The summed E-state index contributed by atoms with van der Waals surface area (Å²) in [4.78, 5) is 17.6. The van der Waals surface area contributed by atoms with Crippen molar-refractivity contribution >= 4 is 35.6 Å². The van der Waals surface area contributed by atoms with Crippen LogP contribution in [0.4, 0.5) is 5.69 Å². The number of nitrogens with one attached hydrogen (secondary N) is 2. The van der Waals surface area contributed by atoms with E-state index in [-0.39, 0.29) is 29.7 Å². The van der Waals surface area contributed by atoms with Crippen LogP contribution in [0.15, 0.2) is 59.6 Å². The van der Waals surface area contributed by atoms with E-state index in [9.17, 15) is 10.1 Å². The van der Waals surface area contributed by atoms with E-state index in [4.69, 9.17) is 9.73 Å². The Labute approximate surface area is 200 Å². The third kappa shape index (κ3) is 8.42. The van der Waals surface area contributed by atoms with Crippen molar-refractivity contribution in [2.45, 2.75) is 26.1 Å². The Balaban J connectivity index is 0.00000341. The van der Waals surface area contributed by atoms with Crippen LogP contribution in [0.3, 0.4) is 0 Å². The highest BCUT2D eigenvalue weighted by Gasteiger charge is 2.17. The third-order valence-corrected chi connectivity index (χ3v) is 5.10. The first-order valence-electron chi connectivity index (χ1n) is 10.2. The van der Waals surface area contributed by atoms with Gasteiger partial charge in [0.05, 0.1) is 24.7 Å². The summed E-state index contributed by atoms with van der Waals surface area (Å²) in [5.41, 5.74) is 2.18. The molecule has 0 bridgehead atoms. The minimum atomic E-state index is -0.390. The van der Waals surface area contributed by atoms with Crippen LogP contribution in [0.1, 0.15) is 18.1 Å². The topological polar surface area (TPSA) is 92.0 Å². The molecule has 31 heavy (non-hydrogen) atoms. The lowest BCUT2D eigenvalue weighted by atomic mass is 10.2. The van der Waals surface area contributed by atoms with Gasteiger partial charge in [0.25, 0.3) is 5.69 Å². The number of hydrogen-bond donors (Lipinski definition) is 2.